The molecular weight excluding hydrogens is 568 g/mol. The van der Waals surface area contributed by atoms with Gasteiger partial charge in [-0.2, -0.15) is 0 Å². The summed E-state index contributed by atoms with van der Waals surface area (Å²) in [6.07, 6.45) is 2.95. The Morgan fingerprint density at radius 2 is 0.705 bits per heavy atom. The summed E-state index contributed by atoms with van der Waals surface area (Å²) in [5.74, 6) is -6.49. The van der Waals surface area contributed by atoms with Crippen molar-refractivity contribution < 1.29 is 47.6 Å². The first-order valence-electron chi connectivity index (χ1n) is 13.7. The van der Waals surface area contributed by atoms with Gasteiger partial charge in [-0.1, -0.05) is 60.7 Å². The third kappa shape index (κ3) is 3.86. The molecule has 5 rings (SSSR count). The number of hydrogen-bond donors (Lipinski definition) is 0. The van der Waals surface area contributed by atoms with Crippen molar-refractivity contribution in [3.8, 4) is 0 Å². The molecule has 3 aliphatic rings. The molecule has 3 aliphatic carbocycles. The van der Waals surface area contributed by atoms with E-state index in [2.05, 4.69) is 0 Å². The molecule has 0 heterocycles. The molecule has 2 spiro atoms. The van der Waals surface area contributed by atoms with Crippen molar-refractivity contribution in [3.05, 3.63) is 118 Å². The minimum atomic E-state index is -2.09. The van der Waals surface area contributed by atoms with Gasteiger partial charge in [-0.3, -0.25) is 19.2 Å². The molecule has 10 nitrogen and oxygen atoms in total. The molecule has 0 saturated carbocycles. The number of hydrogen-bond acceptors (Lipinski definition) is 10. The summed E-state index contributed by atoms with van der Waals surface area (Å²) in [4.78, 5) is 58.1. The normalized spacial score (nSPS) is 24.9. The van der Waals surface area contributed by atoms with Gasteiger partial charge < -0.3 is 28.4 Å². The van der Waals surface area contributed by atoms with Crippen LogP contribution in [0.2, 0.25) is 0 Å². The number of ketones is 4. The predicted molar refractivity (Wildman–Crippen MR) is 156 cm³/mol. The zero-order valence-electron chi connectivity index (χ0n) is 25.2. The minimum Gasteiger partial charge on any atom is -0.500 e. The summed E-state index contributed by atoms with van der Waals surface area (Å²) in [5.41, 5.74) is -3.18. The van der Waals surface area contributed by atoms with Gasteiger partial charge in [0.05, 0.1) is 42.7 Å². The van der Waals surface area contributed by atoms with E-state index in [0.29, 0.717) is 11.1 Å². The molecule has 10 heteroatoms. The van der Waals surface area contributed by atoms with Crippen LogP contribution in [0.5, 0.6) is 0 Å². The Kier molecular flexibility index (Phi) is 7.94. The van der Waals surface area contributed by atoms with Crippen LogP contribution in [-0.2, 0) is 47.6 Å². The summed E-state index contributed by atoms with van der Waals surface area (Å²) >= 11 is 0. The highest BCUT2D eigenvalue weighted by molar-refractivity contribution is 6.30. The number of rotatable bonds is 8. The molecule has 0 radical (unpaired) electrons. The van der Waals surface area contributed by atoms with Crippen LogP contribution >= 0.6 is 0 Å². The standard InChI is InChI=1S/C34H32O10/c1-39-23-17-21(19-13-9-7-10-14-19)34(31(37)27(43-5)28(44-6)32(34)38)24(40-2)18-22(20-15-11-8-12-16-20)33(23)29(35)25(41-3)26(42-4)30(33)36/h7-18,21-22H,1-6H3/b23-17+,24-18+/t21-,22-/m1/s1. The zero-order valence-corrected chi connectivity index (χ0v) is 25.2. The van der Waals surface area contributed by atoms with Gasteiger partial charge in [0, 0.05) is 11.8 Å². The molecule has 0 unspecified atom stereocenters. The lowest BCUT2D eigenvalue weighted by Gasteiger charge is -2.41. The highest BCUT2D eigenvalue weighted by Crippen LogP contribution is 2.60. The molecule has 0 aromatic heterocycles. The van der Waals surface area contributed by atoms with Crippen molar-refractivity contribution in [3.63, 3.8) is 0 Å². The molecule has 2 aromatic rings. The lowest BCUT2D eigenvalue weighted by Crippen LogP contribution is -2.49. The van der Waals surface area contributed by atoms with E-state index in [9.17, 15) is 19.2 Å². The SMILES string of the molecule is COC1=C(OC)C(=O)C2(C1=O)/C(OC)=C\[C@H](c1ccccc1)C1(C(=O)C(OC)=C(OC)C1=O)/C(OC)=C\[C@@H]2c1ccccc1. The second kappa shape index (κ2) is 11.5. The maximum absolute atomic E-state index is 14.5. The van der Waals surface area contributed by atoms with Crippen molar-refractivity contribution in [2.24, 2.45) is 10.8 Å². The number of methoxy groups -OCH3 is 6. The molecule has 2 atom stereocenters. The van der Waals surface area contributed by atoms with E-state index < -0.39 is 45.8 Å². The number of ether oxygens (including phenoxy) is 6. The third-order valence-electron chi connectivity index (χ3n) is 8.59. The number of allylic oxidation sites excluding steroid dienone is 8. The highest BCUT2D eigenvalue weighted by Gasteiger charge is 2.69. The molecule has 2 aromatic carbocycles. The maximum Gasteiger partial charge on any atom is 0.223 e. The van der Waals surface area contributed by atoms with E-state index in [0.717, 1.165) is 0 Å². The fourth-order valence-corrected chi connectivity index (χ4v) is 6.68. The highest BCUT2D eigenvalue weighted by atomic mass is 16.5. The van der Waals surface area contributed by atoms with Crippen LogP contribution in [0.1, 0.15) is 23.0 Å². The number of Topliss-reactive ketones (excluding diaryl/α,β-unsaturated/α-hetero) is 4. The molecule has 44 heavy (non-hydrogen) atoms. The van der Waals surface area contributed by atoms with Crippen LogP contribution < -0.4 is 0 Å². The first kappa shape index (κ1) is 30.3. The van der Waals surface area contributed by atoms with E-state index >= 15 is 0 Å². The van der Waals surface area contributed by atoms with Gasteiger partial charge in [-0.05, 0) is 23.3 Å². The van der Waals surface area contributed by atoms with E-state index in [1.54, 1.807) is 60.7 Å². The first-order chi connectivity index (χ1) is 21.2. The number of carbonyl (C=O) groups excluding carboxylic acids is 4. The van der Waals surface area contributed by atoms with Crippen molar-refractivity contribution in [2.75, 3.05) is 42.7 Å². The van der Waals surface area contributed by atoms with Crippen LogP contribution in [0.25, 0.3) is 0 Å². The van der Waals surface area contributed by atoms with Crippen molar-refractivity contribution in [2.45, 2.75) is 11.8 Å². The Balaban J connectivity index is 1.97. The Morgan fingerprint density at radius 3 is 0.932 bits per heavy atom. The fraction of sp³-hybridized carbons (Fsp3) is 0.294. The topological polar surface area (TPSA) is 124 Å². The van der Waals surface area contributed by atoms with E-state index in [1.165, 1.54) is 54.8 Å². The van der Waals surface area contributed by atoms with Crippen LogP contribution in [0.3, 0.4) is 0 Å². The Bertz CT molecular complexity index is 1470. The van der Waals surface area contributed by atoms with E-state index in [4.69, 9.17) is 28.4 Å². The molecule has 0 bridgehead atoms. The van der Waals surface area contributed by atoms with E-state index in [-0.39, 0.29) is 34.6 Å². The van der Waals surface area contributed by atoms with Crippen LogP contribution in [0.15, 0.2) is 107 Å². The Hall–Kier alpha value is -5.12. The average Bonchev–Trinajstić information content (AvgIpc) is 3.40. The molecule has 0 saturated heterocycles. The van der Waals surface area contributed by atoms with Gasteiger partial charge >= 0.3 is 0 Å². The summed E-state index contributed by atoms with van der Waals surface area (Å²) in [7, 11) is 7.73. The first-order valence-corrected chi connectivity index (χ1v) is 13.7. The smallest absolute Gasteiger partial charge is 0.223 e. The largest absolute Gasteiger partial charge is 0.500 e. The molecule has 0 amide bonds. The zero-order chi connectivity index (χ0) is 31.8. The van der Waals surface area contributed by atoms with Crippen molar-refractivity contribution >= 4 is 23.1 Å². The summed E-state index contributed by atoms with van der Waals surface area (Å²) in [5, 5.41) is 0. The second-order valence-corrected chi connectivity index (χ2v) is 10.3. The van der Waals surface area contributed by atoms with Gasteiger partial charge in [0.2, 0.25) is 46.2 Å². The van der Waals surface area contributed by atoms with Gasteiger partial charge in [0.15, 0.2) is 10.8 Å². The van der Waals surface area contributed by atoms with Gasteiger partial charge in [-0.25, -0.2) is 0 Å². The van der Waals surface area contributed by atoms with Crippen molar-refractivity contribution in [1.82, 2.24) is 0 Å². The van der Waals surface area contributed by atoms with Gasteiger partial charge in [0.25, 0.3) is 0 Å². The number of benzene rings is 2. The molecule has 228 valence electrons. The summed E-state index contributed by atoms with van der Waals surface area (Å²) in [6.45, 7) is 0. The predicted octanol–water partition coefficient (Wildman–Crippen LogP) is 3.91. The van der Waals surface area contributed by atoms with Crippen LogP contribution in [0.4, 0.5) is 0 Å². The molecular formula is C34H32O10. The summed E-state index contributed by atoms with van der Waals surface area (Å²) in [6, 6.07) is 17.4. The number of carbonyl (C=O) groups is 4. The molecule has 0 fully saturated rings. The quantitative estimate of drug-likeness (QED) is 0.412. The average molecular weight is 601 g/mol. The Morgan fingerprint density at radius 1 is 0.432 bits per heavy atom. The summed E-state index contributed by atoms with van der Waals surface area (Å²) < 4.78 is 33.6. The lowest BCUT2D eigenvalue weighted by molar-refractivity contribution is -0.137. The molecule has 0 N–H and O–H groups in total. The van der Waals surface area contributed by atoms with Crippen LogP contribution in [-0.4, -0.2) is 65.8 Å². The van der Waals surface area contributed by atoms with Crippen molar-refractivity contribution in [1.29, 1.82) is 0 Å². The van der Waals surface area contributed by atoms with Crippen LogP contribution in [0, 0.1) is 10.8 Å². The Labute approximate surface area is 254 Å². The van der Waals surface area contributed by atoms with Gasteiger partial charge in [0.1, 0.15) is 11.5 Å². The third-order valence-corrected chi connectivity index (χ3v) is 8.59. The fourth-order valence-electron chi connectivity index (χ4n) is 6.68. The maximum atomic E-state index is 14.5. The van der Waals surface area contributed by atoms with E-state index in [1.807, 2.05) is 0 Å². The lowest BCUT2D eigenvalue weighted by atomic mass is 9.59. The van der Waals surface area contributed by atoms with Gasteiger partial charge in [-0.15, -0.1) is 0 Å². The molecule has 0 aliphatic heterocycles. The minimum absolute atomic E-state index is 0.104. The second-order valence-electron chi connectivity index (χ2n) is 10.3. The monoisotopic (exact) mass is 600 g/mol.